The van der Waals surface area contributed by atoms with Crippen LogP contribution in [0.5, 0.6) is 0 Å². The Labute approximate surface area is 52.5 Å². The lowest BCUT2D eigenvalue weighted by atomic mass is 10.5. The molecule has 0 saturated carbocycles. The molecule has 5 nitrogen and oxygen atoms in total. The fourth-order valence-electron chi connectivity index (χ4n) is 0.399. The fourth-order valence-corrected chi connectivity index (χ4v) is 0.399. The molecule has 0 atom stereocenters. The SMILES string of the molecule is NNN1N=CC=CC=N1. The molecule has 0 saturated heterocycles. The highest BCUT2D eigenvalue weighted by atomic mass is 15.9. The summed E-state index contributed by atoms with van der Waals surface area (Å²) in [7, 11) is 0. The van der Waals surface area contributed by atoms with Gasteiger partial charge < -0.3 is 0 Å². The van der Waals surface area contributed by atoms with Crippen LogP contribution in [0.25, 0.3) is 0 Å². The van der Waals surface area contributed by atoms with Crippen molar-refractivity contribution in [2.24, 2.45) is 16.0 Å². The number of nitrogens with zero attached hydrogens (tertiary/aromatic N) is 3. The van der Waals surface area contributed by atoms with Gasteiger partial charge in [-0.1, -0.05) is 5.23 Å². The van der Waals surface area contributed by atoms with Gasteiger partial charge in [-0.05, 0) is 12.2 Å². The van der Waals surface area contributed by atoms with Crippen LogP contribution >= 0.6 is 0 Å². The first-order valence-electron chi connectivity index (χ1n) is 2.43. The zero-order chi connectivity index (χ0) is 6.53. The van der Waals surface area contributed by atoms with Gasteiger partial charge in [-0.15, -0.1) is 15.7 Å². The highest BCUT2D eigenvalue weighted by Gasteiger charge is 1.88. The third-order valence-electron chi connectivity index (χ3n) is 0.751. The van der Waals surface area contributed by atoms with Gasteiger partial charge in [0.15, 0.2) is 0 Å². The Morgan fingerprint density at radius 3 is 2.22 bits per heavy atom. The van der Waals surface area contributed by atoms with Crippen LogP contribution in [0.15, 0.2) is 22.4 Å². The van der Waals surface area contributed by atoms with Crippen molar-refractivity contribution >= 4 is 12.4 Å². The second kappa shape index (κ2) is 2.95. The summed E-state index contributed by atoms with van der Waals surface area (Å²) in [5.74, 6) is 4.99. The second-order valence-corrected chi connectivity index (χ2v) is 1.33. The van der Waals surface area contributed by atoms with E-state index < -0.39 is 0 Å². The van der Waals surface area contributed by atoms with Crippen LogP contribution in [0, 0.1) is 0 Å². The maximum atomic E-state index is 4.99. The number of hydrazine groups is 2. The zero-order valence-corrected chi connectivity index (χ0v) is 4.73. The first kappa shape index (κ1) is 5.93. The van der Waals surface area contributed by atoms with Gasteiger partial charge in [0.05, 0.1) is 12.4 Å². The van der Waals surface area contributed by atoms with E-state index >= 15 is 0 Å². The van der Waals surface area contributed by atoms with Gasteiger partial charge in [0.1, 0.15) is 0 Å². The average Bonchev–Trinajstić information content (AvgIpc) is 2.13. The Kier molecular flexibility index (Phi) is 1.95. The topological polar surface area (TPSA) is 66.0 Å². The summed E-state index contributed by atoms with van der Waals surface area (Å²) in [5.41, 5.74) is 2.24. The molecule has 0 aliphatic carbocycles. The molecule has 0 aromatic heterocycles. The molecule has 0 spiro atoms. The van der Waals surface area contributed by atoms with E-state index in [0.29, 0.717) is 0 Å². The highest BCUT2D eigenvalue weighted by Crippen LogP contribution is 1.84. The van der Waals surface area contributed by atoms with Gasteiger partial charge in [-0.25, -0.2) is 0 Å². The van der Waals surface area contributed by atoms with Crippen LogP contribution in [0.1, 0.15) is 0 Å². The molecular weight excluding hydrogens is 118 g/mol. The Morgan fingerprint density at radius 1 is 1.22 bits per heavy atom. The maximum absolute atomic E-state index is 4.99. The Morgan fingerprint density at radius 2 is 1.78 bits per heavy atom. The number of allylic oxidation sites excluding steroid dienone is 2. The van der Waals surface area contributed by atoms with E-state index in [-0.39, 0.29) is 0 Å². The molecule has 9 heavy (non-hydrogen) atoms. The molecule has 1 heterocycles. The third-order valence-corrected chi connectivity index (χ3v) is 0.751. The first-order chi connectivity index (χ1) is 4.43. The van der Waals surface area contributed by atoms with Crippen LogP contribution in [-0.2, 0) is 0 Å². The van der Waals surface area contributed by atoms with E-state index in [4.69, 9.17) is 5.84 Å². The predicted octanol–water partition coefficient (Wildman–Crippen LogP) is -0.792. The standard InChI is InChI=1S/C4H7N5/c5-8-9-6-3-1-2-4-7-9/h1-4,8H,5H2. The predicted molar refractivity (Wildman–Crippen MR) is 35.3 cm³/mol. The lowest BCUT2D eigenvalue weighted by molar-refractivity contribution is 0.212. The molecule has 0 bridgehead atoms. The minimum atomic E-state index is 1.15. The third kappa shape index (κ3) is 1.63. The van der Waals surface area contributed by atoms with Gasteiger partial charge >= 0.3 is 0 Å². The average molecular weight is 125 g/mol. The number of nitrogens with two attached hydrogens (primary N) is 1. The molecule has 1 aliphatic rings. The smallest absolute Gasteiger partial charge is 0.0508 e. The van der Waals surface area contributed by atoms with Gasteiger partial charge in [-0.2, -0.15) is 0 Å². The molecule has 0 unspecified atom stereocenters. The Balaban J connectivity index is 2.58. The van der Waals surface area contributed by atoms with Crippen LogP contribution in [0.3, 0.4) is 0 Å². The van der Waals surface area contributed by atoms with E-state index in [2.05, 4.69) is 15.7 Å². The highest BCUT2D eigenvalue weighted by molar-refractivity contribution is 5.81. The van der Waals surface area contributed by atoms with E-state index in [1.54, 1.807) is 24.6 Å². The van der Waals surface area contributed by atoms with Crippen molar-refractivity contribution in [1.82, 2.24) is 10.8 Å². The number of rotatable bonds is 1. The van der Waals surface area contributed by atoms with E-state index in [1.807, 2.05) is 0 Å². The second-order valence-electron chi connectivity index (χ2n) is 1.33. The minimum absolute atomic E-state index is 1.15. The van der Waals surface area contributed by atoms with Crippen LogP contribution < -0.4 is 11.4 Å². The maximum Gasteiger partial charge on any atom is 0.0508 e. The van der Waals surface area contributed by atoms with Crippen LogP contribution in [0.2, 0.25) is 0 Å². The molecule has 48 valence electrons. The summed E-state index contributed by atoms with van der Waals surface area (Å²) in [4.78, 5) is 0. The first-order valence-corrected chi connectivity index (χ1v) is 2.43. The van der Waals surface area contributed by atoms with Crippen molar-refractivity contribution in [2.75, 3.05) is 0 Å². The van der Waals surface area contributed by atoms with Crippen LogP contribution in [0.4, 0.5) is 0 Å². The summed E-state index contributed by atoms with van der Waals surface area (Å²) in [5, 5.41) is 8.61. The zero-order valence-electron chi connectivity index (χ0n) is 4.73. The van der Waals surface area contributed by atoms with E-state index in [1.165, 1.54) is 0 Å². The lowest BCUT2D eigenvalue weighted by Gasteiger charge is -2.06. The number of hydrazone groups is 2. The number of hydrogen-bond donors (Lipinski definition) is 2. The molecule has 5 heteroatoms. The van der Waals surface area contributed by atoms with Crippen molar-refractivity contribution in [3.05, 3.63) is 12.2 Å². The molecule has 1 aliphatic heterocycles. The molecule has 1 rings (SSSR count). The minimum Gasteiger partial charge on any atom is -0.250 e. The van der Waals surface area contributed by atoms with Gasteiger partial charge in [-0.3, -0.25) is 5.84 Å². The number of nitrogens with one attached hydrogen (secondary N) is 1. The summed E-state index contributed by atoms with van der Waals surface area (Å²) in [6, 6.07) is 0. The van der Waals surface area contributed by atoms with Crippen molar-refractivity contribution in [3.8, 4) is 0 Å². The normalized spacial score (nSPS) is 16.3. The molecular formula is C4H7N5. The largest absolute Gasteiger partial charge is 0.250 e. The molecule has 0 aromatic carbocycles. The van der Waals surface area contributed by atoms with Gasteiger partial charge in [0, 0.05) is 0 Å². The van der Waals surface area contributed by atoms with Crippen molar-refractivity contribution in [1.29, 1.82) is 0 Å². The van der Waals surface area contributed by atoms with Crippen molar-refractivity contribution < 1.29 is 0 Å². The lowest BCUT2D eigenvalue weighted by Crippen LogP contribution is -2.34. The summed E-state index contributed by atoms with van der Waals surface area (Å²) in [6.07, 6.45) is 6.65. The summed E-state index contributed by atoms with van der Waals surface area (Å²) in [6.45, 7) is 0. The quantitative estimate of drug-likeness (QED) is 0.356. The monoisotopic (exact) mass is 125 g/mol. The summed E-state index contributed by atoms with van der Waals surface area (Å²) < 4.78 is 0. The Bertz CT molecular complexity index is 142. The van der Waals surface area contributed by atoms with E-state index in [9.17, 15) is 0 Å². The number of hydrogen-bond acceptors (Lipinski definition) is 5. The van der Waals surface area contributed by atoms with Gasteiger partial charge in [0.25, 0.3) is 0 Å². The molecule has 0 fully saturated rings. The molecule has 0 amide bonds. The molecule has 0 aromatic rings. The molecule has 0 radical (unpaired) electrons. The van der Waals surface area contributed by atoms with Gasteiger partial charge in [0.2, 0.25) is 0 Å². The Hall–Kier alpha value is -1.20. The van der Waals surface area contributed by atoms with E-state index in [0.717, 1.165) is 5.23 Å². The van der Waals surface area contributed by atoms with Crippen molar-refractivity contribution in [2.45, 2.75) is 0 Å². The van der Waals surface area contributed by atoms with Crippen molar-refractivity contribution in [3.63, 3.8) is 0 Å². The summed E-state index contributed by atoms with van der Waals surface area (Å²) >= 11 is 0. The van der Waals surface area contributed by atoms with Crippen LogP contribution in [-0.4, -0.2) is 17.7 Å². The fraction of sp³-hybridized carbons (Fsp3) is 0. The molecule has 3 N–H and O–H groups in total.